The molecule has 1 amide bonds. The van der Waals surface area contributed by atoms with Gasteiger partial charge in [0.2, 0.25) is 0 Å². The molecule has 0 saturated heterocycles. The fourth-order valence-corrected chi connectivity index (χ4v) is 2.63. The summed E-state index contributed by atoms with van der Waals surface area (Å²) in [4.78, 5) is 25.2. The molecule has 0 aromatic heterocycles. The number of esters is 1. The normalized spacial score (nSPS) is 14.4. The number of carbonyl (C=O) groups excluding carboxylic acids is 2. The number of carbonyl (C=O) groups is 2. The van der Waals surface area contributed by atoms with E-state index in [0.717, 1.165) is 12.0 Å². The fraction of sp³-hybridized carbons (Fsp3) is 0.286. The van der Waals surface area contributed by atoms with Crippen LogP contribution in [0.5, 0.6) is 0 Å². The number of halogens is 4. The van der Waals surface area contributed by atoms with E-state index in [0.29, 0.717) is 6.07 Å². The van der Waals surface area contributed by atoms with Crippen molar-refractivity contribution in [3.05, 3.63) is 39.3 Å². The van der Waals surface area contributed by atoms with Crippen LogP contribution in [0.2, 0.25) is 0 Å². The summed E-state index contributed by atoms with van der Waals surface area (Å²) in [6.45, 7) is -0.583. The molecular weight excluding hydrogens is 397 g/mol. The molecule has 1 heterocycles. The summed E-state index contributed by atoms with van der Waals surface area (Å²) < 4.78 is 44.7. The second-order valence-corrected chi connectivity index (χ2v) is 5.56. The smallest absolute Gasteiger partial charge is 0.337 e. The van der Waals surface area contributed by atoms with Crippen LogP contribution in [-0.2, 0) is 14.3 Å². The number of ether oxygens (including phenoxy) is 1. The van der Waals surface area contributed by atoms with E-state index in [2.05, 4.69) is 26.0 Å². The highest BCUT2D eigenvalue weighted by Gasteiger charge is 2.35. The average molecular weight is 409 g/mol. The molecule has 24 heavy (non-hydrogen) atoms. The van der Waals surface area contributed by atoms with Crippen molar-refractivity contribution in [3.8, 4) is 0 Å². The number of nitrogens with zero attached hydrogens (tertiary/aromatic N) is 1. The summed E-state index contributed by atoms with van der Waals surface area (Å²) >= 11 is 2.71. The third-order valence-corrected chi connectivity index (χ3v) is 4.06. The van der Waals surface area contributed by atoms with Crippen LogP contribution in [0.15, 0.2) is 21.8 Å². The van der Waals surface area contributed by atoms with E-state index in [4.69, 9.17) is 5.11 Å². The van der Waals surface area contributed by atoms with E-state index >= 15 is 0 Å². The first-order chi connectivity index (χ1) is 11.3. The minimum Gasteiger partial charge on any atom is -0.466 e. The highest BCUT2D eigenvalue weighted by Crippen LogP contribution is 2.33. The highest BCUT2D eigenvalue weighted by atomic mass is 79.9. The predicted octanol–water partition coefficient (Wildman–Crippen LogP) is 1.54. The Morgan fingerprint density at radius 3 is 2.67 bits per heavy atom. The molecule has 0 unspecified atom stereocenters. The number of benzene rings is 1. The Morgan fingerprint density at radius 1 is 1.42 bits per heavy atom. The van der Waals surface area contributed by atoms with Crippen molar-refractivity contribution in [1.82, 2.24) is 4.90 Å². The maximum atomic E-state index is 13.9. The lowest BCUT2D eigenvalue weighted by molar-refractivity contribution is -0.136. The van der Waals surface area contributed by atoms with Gasteiger partial charge in [0.05, 0.1) is 36.0 Å². The van der Waals surface area contributed by atoms with Crippen molar-refractivity contribution in [2.24, 2.45) is 0 Å². The molecule has 0 atom stereocenters. The molecule has 0 bridgehead atoms. The largest absolute Gasteiger partial charge is 0.466 e. The van der Waals surface area contributed by atoms with Gasteiger partial charge in [-0.15, -0.1) is 0 Å². The molecule has 2 N–H and O–H groups in total. The summed E-state index contributed by atoms with van der Waals surface area (Å²) in [7, 11) is 1.10. The first kappa shape index (κ1) is 18.3. The summed E-state index contributed by atoms with van der Waals surface area (Å²) in [5, 5.41) is 11.3. The first-order valence-corrected chi connectivity index (χ1v) is 7.42. The molecule has 0 fully saturated rings. The van der Waals surface area contributed by atoms with Crippen LogP contribution >= 0.6 is 15.9 Å². The highest BCUT2D eigenvalue weighted by molar-refractivity contribution is 9.10. The van der Waals surface area contributed by atoms with E-state index in [9.17, 15) is 22.8 Å². The Hall–Kier alpha value is -2.07. The minimum absolute atomic E-state index is 0.0636. The topological polar surface area (TPSA) is 78.9 Å². The van der Waals surface area contributed by atoms with Crippen LogP contribution in [0.4, 0.5) is 18.9 Å². The van der Waals surface area contributed by atoms with Crippen molar-refractivity contribution < 1.29 is 32.6 Å². The summed E-state index contributed by atoms with van der Waals surface area (Å²) in [6, 6.07) is 0.311. The number of rotatable bonds is 5. The summed E-state index contributed by atoms with van der Waals surface area (Å²) in [5.74, 6) is -5.47. The van der Waals surface area contributed by atoms with Crippen LogP contribution in [0.1, 0.15) is 0 Å². The maximum Gasteiger partial charge on any atom is 0.337 e. The average Bonchev–Trinajstić information content (AvgIpc) is 2.85. The second kappa shape index (κ2) is 7.22. The molecular formula is C14H12BrF3N2O4. The van der Waals surface area contributed by atoms with Gasteiger partial charge in [0.1, 0.15) is 5.70 Å². The Balaban J connectivity index is 2.47. The molecule has 1 aliphatic rings. The van der Waals surface area contributed by atoms with Gasteiger partial charge in [-0.1, -0.05) is 0 Å². The number of hydrogen-bond acceptors (Lipinski definition) is 5. The van der Waals surface area contributed by atoms with Crippen molar-refractivity contribution in [1.29, 1.82) is 0 Å². The lowest BCUT2D eigenvalue weighted by Gasteiger charge is -2.15. The number of hydrogen-bond donors (Lipinski definition) is 2. The Bertz CT molecular complexity index is 739. The Kier molecular flexibility index (Phi) is 5.50. The monoisotopic (exact) mass is 408 g/mol. The molecule has 1 aromatic rings. The van der Waals surface area contributed by atoms with Crippen molar-refractivity contribution in [2.45, 2.75) is 0 Å². The maximum absolute atomic E-state index is 13.9. The predicted molar refractivity (Wildman–Crippen MR) is 80.3 cm³/mol. The number of amides is 1. The number of β-amino-alcohol motifs (C(OH)–C–C–N with tert-alkyl or cyclic N) is 1. The molecule has 6 nitrogen and oxygen atoms in total. The quantitative estimate of drug-likeness (QED) is 0.439. The molecule has 0 radical (unpaired) electrons. The third-order valence-electron chi connectivity index (χ3n) is 3.32. The van der Waals surface area contributed by atoms with Crippen molar-refractivity contribution in [3.63, 3.8) is 0 Å². The van der Waals surface area contributed by atoms with Crippen molar-refractivity contribution in [2.75, 3.05) is 32.1 Å². The van der Waals surface area contributed by atoms with Gasteiger partial charge in [0, 0.05) is 12.6 Å². The standard InChI is InChI=1S/C14H12BrF3N2O4/c1-24-14(23)6-5-20(2-3-21)13(22)11(6)19-12-8(17)4-7(16)10(18)9(12)15/h4,19,21H,2-3,5H2,1H3. The van der Waals surface area contributed by atoms with E-state index in [1.165, 1.54) is 0 Å². The van der Waals surface area contributed by atoms with E-state index < -0.39 is 39.5 Å². The van der Waals surface area contributed by atoms with E-state index in [1.54, 1.807) is 0 Å². The van der Waals surface area contributed by atoms with Gasteiger partial charge in [-0.3, -0.25) is 4.79 Å². The molecule has 1 aromatic carbocycles. The third kappa shape index (κ3) is 3.24. The van der Waals surface area contributed by atoms with Gasteiger partial charge in [0.15, 0.2) is 17.5 Å². The van der Waals surface area contributed by atoms with Crippen LogP contribution < -0.4 is 5.32 Å². The van der Waals surface area contributed by atoms with E-state index in [-0.39, 0.29) is 31.0 Å². The van der Waals surface area contributed by atoms with Crippen LogP contribution in [0.25, 0.3) is 0 Å². The molecule has 0 spiro atoms. The van der Waals surface area contributed by atoms with Gasteiger partial charge in [-0.25, -0.2) is 18.0 Å². The van der Waals surface area contributed by atoms with Gasteiger partial charge in [-0.2, -0.15) is 0 Å². The molecule has 2 rings (SSSR count). The van der Waals surface area contributed by atoms with Gasteiger partial charge in [0.25, 0.3) is 5.91 Å². The van der Waals surface area contributed by atoms with Gasteiger partial charge < -0.3 is 20.1 Å². The number of anilines is 1. The Morgan fingerprint density at radius 2 is 2.08 bits per heavy atom. The molecule has 10 heteroatoms. The van der Waals surface area contributed by atoms with E-state index in [1.807, 2.05) is 0 Å². The van der Waals surface area contributed by atoms with Crippen LogP contribution in [0.3, 0.4) is 0 Å². The zero-order chi connectivity index (χ0) is 18.0. The lowest BCUT2D eigenvalue weighted by atomic mass is 10.2. The number of nitrogens with one attached hydrogen (secondary N) is 1. The minimum atomic E-state index is -1.41. The summed E-state index contributed by atoms with van der Waals surface area (Å²) in [5.41, 5.74) is -0.989. The van der Waals surface area contributed by atoms with Crippen LogP contribution in [0, 0.1) is 17.5 Å². The first-order valence-electron chi connectivity index (χ1n) is 6.63. The van der Waals surface area contributed by atoms with Gasteiger partial charge >= 0.3 is 5.97 Å². The molecule has 1 aliphatic heterocycles. The molecule has 130 valence electrons. The van der Waals surface area contributed by atoms with Gasteiger partial charge in [-0.05, 0) is 15.9 Å². The lowest BCUT2D eigenvalue weighted by Crippen LogP contribution is -2.31. The number of aliphatic hydroxyl groups is 1. The summed E-state index contributed by atoms with van der Waals surface area (Å²) in [6.07, 6.45) is 0. The SMILES string of the molecule is COC(=O)C1=C(Nc2c(F)cc(F)c(F)c2Br)C(=O)N(CCO)C1. The van der Waals surface area contributed by atoms with Crippen molar-refractivity contribution >= 4 is 33.5 Å². The molecule has 0 aliphatic carbocycles. The molecule has 0 saturated carbocycles. The zero-order valence-electron chi connectivity index (χ0n) is 12.3. The van der Waals surface area contributed by atoms with Crippen LogP contribution in [-0.4, -0.2) is 48.7 Å². The fourth-order valence-electron chi connectivity index (χ4n) is 2.15. The zero-order valence-corrected chi connectivity index (χ0v) is 13.9. The number of aliphatic hydroxyl groups excluding tert-OH is 1. The Labute approximate surface area is 143 Å². The number of methoxy groups -OCH3 is 1. The second-order valence-electron chi connectivity index (χ2n) is 4.76.